The van der Waals surface area contributed by atoms with Gasteiger partial charge in [-0.1, -0.05) is 18.2 Å². The first kappa shape index (κ1) is 21.5. The van der Waals surface area contributed by atoms with Crippen LogP contribution in [0.5, 0.6) is 11.5 Å². The fourth-order valence-corrected chi connectivity index (χ4v) is 3.08. The molecule has 0 aliphatic heterocycles. The van der Waals surface area contributed by atoms with Crippen LogP contribution in [0.3, 0.4) is 0 Å². The summed E-state index contributed by atoms with van der Waals surface area (Å²) in [5, 5.41) is 11.6. The lowest BCUT2D eigenvalue weighted by Gasteiger charge is -2.13. The molecule has 0 bridgehead atoms. The number of methoxy groups -OCH3 is 2. The number of ether oxygens (including phenoxy) is 2. The number of hydrogen-bond donors (Lipinski definition) is 3. The Labute approximate surface area is 165 Å². The summed E-state index contributed by atoms with van der Waals surface area (Å²) in [6, 6.07) is 12.2. The van der Waals surface area contributed by atoms with E-state index < -0.39 is 10.0 Å². The van der Waals surface area contributed by atoms with Gasteiger partial charge in [-0.3, -0.25) is 4.99 Å². The smallest absolute Gasteiger partial charge is 0.238 e. The molecule has 28 heavy (non-hydrogen) atoms. The summed E-state index contributed by atoms with van der Waals surface area (Å²) in [6.45, 7) is 1.21. The summed E-state index contributed by atoms with van der Waals surface area (Å²) in [7, 11) is 1.24. The highest BCUT2D eigenvalue weighted by molar-refractivity contribution is 7.89. The SMILES string of the molecule is CN=C(NCCc1ccc(S(N)(=O)=O)cc1)NCc1ccc(OC)c(OC)c1. The molecule has 0 saturated carbocycles. The number of guanidine groups is 1. The third-order valence-electron chi connectivity index (χ3n) is 4.09. The van der Waals surface area contributed by atoms with Gasteiger partial charge in [0.15, 0.2) is 17.5 Å². The number of nitrogens with two attached hydrogens (primary N) is 1. The van der Waals surface area contributed by atoms with Crippen LogP contribution in [0.2, 0.25) is 0 Å². The molecule has 0 amide bonds. The van der Waals surface area contributed by atoms with Crippen molar-refractivity contribution in [2.24, 2.45) is 10.1 Å². The number of nitrogens with zero attached hydrogens (tertiary/aromatic N) is 1. The van der Waals surface area contributed by atoms with E-state index in [0.717, 1.165) is 11.1 Å². The molecular formula is C19H26N4O4S. The van der Waals surface area contributed by atoms with Crippen molar-refractivity contribution in [3.63, 3.8) is 0 Å². The minimum Gasteiger partial charge on any atom is -0.493 e. The second kappa shape index (κ2) is 9.95. The second-order valence-electron chi connectivity index (χ2n) is 5.98. The third kappa shape index (κ3) is 6.14. The predicted octanol–water partition coefficient (Wildman–Crippen LogP) is 1.26. The minimum atomic E-state index is -3.66. The van der Waals surface area contributed by atoms with Gasteiger partial charge >= 0.3 is 0 Å². The number of nitrogens with one attached hydrogen (secondary N) is 2. The zero-order chi connectivity index (χ0) is 20.6. The normalized spacial score (nSPS) is 11.8. The van der Waals surface area contributed by atoms with Gasteiger partial charge in [-0.25, -0.2) is 13.6 Å². The van der Waals surface area contributed by atoms with Crippen LogP contribution in [0, 0.1) is 0 Å². The zero-order valence-corrected chi connectivity index (χ0v) is 17.0. The van der Waals surface area contributed by atoms with Gasteiger partial charge < -0.3 is 20.1 Å². The summed E-state index contributed by atoms with van der Waals surface area (Å²) < 4.78 is 33.1. The molecule has 0 aromatic heterocycles. The van der Waals surface area contributed by atoms with Gasteiger partial charge in [0.25, 0.3) is 0 Å². The van der Waals surface area contributed by atoms with Crippen molar-refractivity contribution >= 4 is 16.0 Å². The molecule has 8 nitrogen and oxygen atoms in total. The van der Waals surface area contributed by atoms with Crippen LogP contribution < -0.4 is 25.2 Å². The molecule has 2 aromatic rings. The molecule has 0 fully saturated rings. The molecule has 0 unspecified atom stereocenters. The van der Waals surface area contributed by atoms with Gasteiger partial charge in [-0.05, 0) is 41.8 Å². The maximum Gasteiger partial charge on any atom is 0.238 e. The van der Waals surface area contributed by atoms with E-state index in [4.69, 9.17) is 14.6 Å². The van der Waals surface area contributed by atoms with E-state index in [2.05, 4.69) is 15.6 Å². The predicted molar refractivity (Wildman–Crippen MR) is 109 cm³/mol. The molecule has 9 heteroatoms. The van der Waals surface area contributed by atoms with E-state index in [9.17, 15) is 8.42 Å². The van der Waals surface area contributed by atoms with E-state index >= 15 is 0 Å². The number of benzene rings is 2. The highest BCUT2D eigenvalue weighted by Gasteiger charge is 2.07. The van der Waals surface area contributed by atoms with Crippen LogP contribution in [0.15, 0.2) is 52.4 Å². The highest BCUT2D eigenvalue weighted by atomic mass is 32.2. The standard InChI is InChI=1S/C19H26N4O4S/c1-21-19(23-13-15-6-9-17(26-2)18(12-15)27-3)22-11-10-14-4-7-16(8-5-14)28(20,24)25/h4-9,12H,10-11,13H2,1-3H3,(H2,20,24,25)(H2,21,22,23). The van der Waals surface area contributed by atoms with Crippen LogP contribution in [0.1, 0.15) is 11.1 Å². The summed E-state index contributed by atoms with van der Waals surface area (Å²) in [6.07, 6.45) is 0.710. The first-order valence-corrected chi connectivity index (χ1v) is 10.2. The lowest BCUT2D eigenvalue weighted by atomic mass is 10.1. The largest absolute Gasteiger partial charge is 0.493 e. The maximum atomic E-state index is 11.3. The molecule has 4 N–H and O–H groups in total. The Kier molecular flexibility index (Phi) is 7.65. The van der Waals surface area contributed by atoms with Crippen LogP contribution in [-0.4, -0.2) is 42.2 Å². The Morgan fingerprint density at radius 2 is 1.64 bits per heavy atom. The topological polar surface area (TPSA) is 115 Å². The van der Waals surface area contributed by atoms with Gasteiger partial charge in [0.2, 0.25) is 10.0 Å². The molecule has 2 rings (SSSR count). The third-order valence-corrected chi connectivity index (χ3v) is 5.02. The van der Waals surface area contributed by atoms with E-state index in [-0.39, 0.29) is 4.90 Å². The monoisotopic (exact) mass is 406 g/mol. The van der Waals surface area contributed by atoms with Crippen LogP contribution >= 0.6 is 0 Å². The quantitative estimate of drug-likeness (QED) is 0.449. The van der Waals surface area contributed by atoms with Crippen LogP contribution in [0.4, 0.5) is 0 Å². The Morgan fingerprint density at radius 3 is 2.21 bits per heavy atom. The van der Waals surface area contributed by atoms with Crippen molar-refractivity contribution in [3.8, 4) is 11.5 Å². The first-order valence-electron chi connectivity index (χ1n) is 8.64. The van der Waals surface area contributed by atoms with Crippen molar-refractivity contribution in [3.05, 3.63) is 53.6 Å². The van der Waals surface area contributed by atoms with Gasteiger partial charge in [0, 0.05) is 20.1 Å². The number of primary sulfonamides is 1. The maximum absolute atomic E-state index is 11.3. The van der Waals surface area contributed by atoms with E-state index in [0.29, 0.717) is 37.0 Å². The molecule has 0 atom stereocenters. The average molecular weight is 407 g/mol. The molecule has 2 aromatic carbocycles. The Hall–Kier alpha value is -2.78. The molecule has 0 saturated heterocycles. The van der Waals surface area contributed by atoms with Crippen molar-refractivity contribution in [2.45, 2.75) is 17.9 Å². The van der Waals surface area contributed by atoms with Gasteiger partial charge in [0.05, 0.1) is 19.1 Å². The Morgan fingerprint density at radius 1 is 1.00 bits per heavy atom. The van der Waals surface area contributed by atoms with Crippen molar-refractivity contribution in [1.29, 1.82) is 0 Å². The summed E-state index contributed by atoms with van der Waals surface area (Å²) in [5.41, 5.74) is 2.02. The van der Waals surface area contributed by atoms with Gasteiger partial charge in [-0.2, -0.15) is 0 Å². The van der Waals surface area contributed by atoms with Gasteiger partial charge in [-0.15, -0.1) is 0 Å². The molecule has 0 heterocycles. The van der Waals surface area contributed by atoms with Crippen LogP contribution in [-0.2, 0) is 23.0 Å². The minimum absolute atomic E-state index is 0.108. The van der Waals surface area contributed by atoms with Crippen LogP contribution in [0.25, 0.3) is 0 Å². The fourth-order valence-electron chi connectivity index (χ4n) is 2.57. The molecule has 0 spiro atoms. The first-order chi connectivity index (χ1) is 13.4. The Balaban J connectivity index is 1.85. The summed E-state index contributed by atoms with van der Waals surface area (Å²) in [5.74, 6) is 2.02. The number of sulfonamides is 1. The Bertz CT molecular complexity index is 912. The highest BCUT2D eigenvalue weighted by Crippen LogP contribution is 2.27. The average Bonchev–Trinajstić information content (AvgIpc) is 2.69. The number of hydrogen-bond acceptors (Lipinski definition) is 5. The number of rotatable bonds is 8. The molecule has 0 aliphatic rings. The molecule has 152 valence electrons. The zero-order valence-electron chi connectivity index (χ0n) is 16.2. The van der Waals surface area contributed by atoms with Crippen molar-refractivity contribution < 1.29 is 17.9 Å². The molecule has 0 radical (unpaired) electrons. The van der Waals surface area contributed by atoms with Crippen molar-refractivity contribution in [1.82, 2.24) is 10.6 Å². The van der Waals surface area contributed by atoms with E-state index in [1.807, 2.05) is 18.2 Å². The summed E-state index contributed by atoms with van der Waals surface area (Å²) >= 11 is 0. The molecule has 0 aliphatic carbocycles. The molecular weight excluding hydrogens is 380 g/mol. The van der Waals surface area contributed by atoms with Crippen molar-refractivity contribution in [2.75, 3.05) is 27.8 Å². The van der Waals surface area contributed by atoms with Gasteiger partial charge in [0.1, 0.15) is 0 Å². The summed E-state index contributed by atoms with van der Waals surface area (Å²) in [4.78, 5) is 4.31. The van der Waals surface area contributed by atoms with E-state index in [1.54, 1.807) is 33.4 Å². The van der Waals surface area contributed by atoms with E-state index in [1.165, 1.54) is 12.1 Å². The fraction of sp³-hybridized carbons (Fsp3) is 0.316. The second-order valence-corrected chi connectivity index (χ2v) is 7.54. The lowest BCUT2D eigenvalue weighted by Crippen LogP contribution is -2.37. The lowest BCUT2D eigenvalue weighted by molar-refractivity contribution is 0.354. The number of aliphatic imine (C=N–C) groups is 1.